The van der Waals surface area contributed by atoms with Crippen molar-refractivity contribution in [3.05, 3.63) is 41.7 Å². The molecule has 2 aromatic rings. The number of hydrogen-bond acceptors (Lipinski definition) is 6. The molecule has 0 saturated carbocycles. The Morgan fingerprint density at radius 2 is 1.70 bits per heavy atom. The van der Waals surface area contributed by atoms with Crippen LogP contribution >= 0.6 is 11.3 Å². The molecule has 0 saturated heterocycles. The first kappa shape index (κ1) is 17.0. The van der Waals surface area contributed by atoms with Gasteiger partial charge in [-0.2, -0.15) is 0 Å². The lowest BCUT2D eigenvalue weighted by atomic mass is 10.3. The number of nitrogens with one attached hydrogen (secondary N) is 2. The van der Waals surface area contributed by atoms with Crippen LogP contribution < -0.4 is 10.6 Å². The van der Waals surface area contributed by atoms with Crippen molar-refractivity contribution in [2.75, 3.05) is 22.1 Å². The van der Waals surface area contributed by atoms with Crippen LogP contribution in [-0.4, -0.2) is 36.7 Å². The van der Waals surface area contributed by atoms with Gasteiger partial charge in [0, 0.05) is 17.3 Å². The Balaban J connectivity index is 1.88. The molecule has 0 radical (unpaired) electrons. The van der Waals surface area contributed by atoms with Crippen LogP contribution in [-0.2, 0) is 19.4 Å². The maximum Gasteiger partial charge on any atom is 0.241 e. The third-order valence-corrected chi connectivity index (χ3v) is 4.60. The van der Waals surface area contributed by atoms with E-state index in [0.29, 0.717) is 0 Å². The molecule has 10 heteroatoms. The van der Waals surface area contributed by atoms with Crippen LogP contribution in [0.5, 0.6) is 0 Å². The number of anilines is 2. The SMILES string of the molecule is O=C(CS(=O)(=O)CC(=O)Nc1nccs1)Nc1ccc(F)cc1. The molecule has 0 unspecified atom stereocenters. The van der Waals surface area contributed by atoms with E-state index in [4.69, 9.17) is 0 Å². The minimum Gasteiger partial charge on any atom is -0.325 e. The summed E-state index contributed by atoms with van der Waals surface area (Å²) in [6, 6.07) is 4.86. The normalized spacial score (nSPS) is 11.0. The lowest BCUT2D eigenvalue weighted by Crippen LogP contribution is -2.30. The molecule has 1 aromatic heterocycles. The third kappa shape index (κ3) is 5.75. The van der Waals surface area contributed by atoms with Gasteiger partial charge in [0.25, 0.3) is 0 Å². The number of carbonyl (C=O) groups excluding carboxylic acids is 2. The smallest absolute Gasteiger partial charge is 0.241 e. The second kappa shape index (κ2) is 7.29. The quantitative estimate of drug-likeness (QED) is 0.810. The molecule has 2 N–H and O–H groups in total. The summed E-state index contributed by atoms with van der Waals surface area (Å²) < 4.78 is 36.4. The zero-order chi connectivity index (χ0) is 16.9. The predicted molar refractivity (Wildman–Crippen MR) is 84.4 cm³/mol. The molecular weight excluding hydrogens is 345 g/mol. The largest absolute Gasteiger partial charge is 0.325 e. The summed E-state index contributed by atoms with van der Waals surface area (Å²) in [5, 5.41) is 6.54. The molecule has 0 spiro atoms. The van der Waals surface area contributed by atoms with Crippen molar-refractivity contribution >= 4 is 43.8 Å². The van der Waals surface area contributed by atoms with E-state index < -0.39 is 39.0 Å². The first-order chi connectivity index (χ1) is 10.8. The van der Waals surface area contributed by atoms with Gasteiger partial charge in [0.1, 0.15) is 17.3 Å². The Morgan fingerprint density at radius 1 is 1.09 bits per heavy atom. The molecule has 7 nitrogen and oxygen atoms in total. The molecule has 122 valence electrons. The van der Waals surface area contributed by atoms with Gasteiger partial charge in [-0.15, -0.1) is 11.3 Å². The number of halogens is 1. The van der Waals surface area contributed by atoms with Crippen molar-refractivity contribution in [3.63, 3.8) is 0 Å². The number of aromatic nitrogens is 1. The fourth-order valence-electron chi connectivity index (χ4n) is 1.62. The van der Waals surface area contributed by atoms with Gasteiger partial charge >= 0.3 is 0 Å². The van der Waals surface area contributed by atoms with Crippen LogP contribution in [0.25, 0.3) is 0 Å². The van der Waals surface area contributed by atoms with E-state index in [2.05, 4.69) is 15.6 Å². The minimum atomic E-state index is -3.93. The Kier molecular flexibility index (Phi) is 5.40. The standard InChI is InChI=1S/C13H12FN3O4S2/c14-9-1-3-10(4-2-9)16-11(18)7-23(20,21)8-12(19)17-13-15-5-6-22-13/h1-6H,7-8H2,(H,16,18)(H,15,17,19). The maximum absolute atomic E-state index is 12.7. The van der Waals surface area contributed by atoms with Crippen molar-refractivity contribution in [2.24, 2.45) is 0 Å². The van der Waals surface area contributed by atoms with E-state index in [1.807, 2.05) is 0 Å². The first-order valence-corrected chi connectivity index (χ1v) is 8.99. The lowest BCUT2D eigenvalue weighted by Gasteiger charge is -2.06. The molecule has 1 heterocycles. The van der Waals surface area contributed by atoms with E-state index in [1.165, 1.54) is 18.3 Å². The number of carbonyl (C=O) groups is 2. The topological polar surface area (TPSA) is 105 Å². The molecule has 0 aliphatic rings. The van der Waals surface area contributed by atoms with Crippen molar-refractivity contribution in [1.82, 2.24) is 4.98 Å². The minimum absolute atomic E-state index is 0.263. The summed E-state index contributed by atoms with van der Waals surface area (Å²) in [5.41, 5.74) is 0.263. The van der Waals surface area contributed by atoms with Gasteiger partial charge in [0.15, 0.2) is 15.0 Å². The van der Waals surface area contributed by atoms with Gasteiger partial charge < -0.3 is 10.6 Å². The van der Waals surface area contributed by atoms with Gasteiger partial charge in [-0.25, -0.2) is 17.8 Å². The number of hydrogen-bond donors (Lipinski definition) is 2. The van der Waals surface area contributed by atoms with Crippen LogP contribution in [0.1, 0.15) is 0 Å². The van der Waals surface area contributed by atoms with E-state index in [-0.39, 0.29) is 10.8 Å². The highest BCUT2D eigenvalue weighted by molar-refractivity contribution is 7.92. The van der Waals surface area contributed by atoms with Crippen molar-refractivity contribution in [2.45, 2.75) is 0 Å². The first-order valence-electron chi connectivity index (χ1n) is 6.29. The van der Waals surface area contributed by atoms with Crippen LogP contribution in [0.3, 0.4) is 0 Å². The number of rotatable bonds is 6. The van der Waals surface area contributed by atoms with E-state index in [1.54, 1.807) is 5.38 Å². The van der Waals surface area contributed by atoms with Crippen molar-refractivity contribution < 1.29 is 22.4 Å². The Morgan fingerprint density at radius 3 is 2.26 bits per heavy atom. The molecule has 0 aliphatic heterocycles. The second-order valence-electron chi connectivity index (χ2n) is 4.47. The number of benzene rings is 1. The highest BCUT2D eigenvalue weighted by Gasteiger charge is 2.21. The van der Waals surface area contributed by atoms with Crippen molar-refractivity contribution in [1.29, 1.82) is 0 Å². The summed E-state index contributed by atoms with van der Waals surface area (Å²) >= 11 is 1.15. The average molecular weight is 357 g/mol. The van der Waals surface area contributed by atoms with E-state index in [9.17, 15) is 22.4 Å². The van der Waals surface area contributed by atoms with Gasteiger partial charge in [-0.1, -0.05) is 0 Å². The summed E-state index contributed by atoms with van der Waals surface area (Å²) in [4.78, 5) is 27.1. The number of amides is 2. The second-order valence-corrected chi connectivity index (χ2v) is 7.43. The molecule has 2 amide bonds. The molecule has 0 fully saturated rings. The summed E-state index contributed by atoms with van der Waals surface area (Å²) in [6.07, 6.45) is 1.46. The van der Waals surface area contributed by atoms with Crippen LogP contribution in [0.2, 0.25) is 0 Å². The Labute approximate surface area is 135 Å². The van der Waals surface area contributed by atoms with E-state index >= 15 is 0 Å². The molecule has 0 aliphatic carbocycles. The van der Waals surface area contributed by atoms with Crippen LogP contribution in [0, 0.1) is 5.82 Å². The van der Waals surface area contributed by atoms with Crippen LogP contribution in [0.15, 0.2) is 35.8 Å². The van der Waals surface area contributed by atoms with Gasteiger partial charge in [-0.3, -0.25) is 9.59 Å². The fourth-order valence-corrected chi connectivity index (χ4v) is 3.21. The predicted octanol–water partition coefficient (Wildman–Crippen LogP) is 1.27. The monoisotopic (exact) mass is 357 g/mol. The zero-order valence-corrected chi connectivity index (χ0v) is 13.3. The number of thiazole rings is 1. The fraction of sp³-hybridized carbons (Fsp3) is 0.154. The van der Waals surface area contributed by atoms with E-state index in [0.717, 1.165) is 23.5 Å². The molecule has 2 rings (SSSR count). The Bertz CT molecular complexity index is 789. The lowest BCUT2D eigenvalue weighted by molar-refractivity contribution is -0.114. The average Bonchev–Trinajstić information content (AvgIpc) is 2.92. The highest BCUT2D eigenvalue weighted by atomic mass is 32.2. The molecule has 0 atom stereocenters. The number of sulfone groups is 1. The molecule has 23 heavy (non-hydrogen) atoms. The maximum atomic E-state index is 12.7. The van der Waals surface area contributed by atoms with Crippen LogP contribution in [0.4, 0.5) is 15.2 Å². The van der Waals surface area contributed by atoms with Gasteiger partial charge in [-0.05, 0) is 24.3 Å². The summed E-state index contributed by atoms with van der Waals surface area (Å²) in [6.45, 7) is 0. The molecule has 0 bridgehead atoms. The number of nitrogens with zero attached hydrogens (tertiary/aromatic N) is 1. The van der Waals surface area contributed by atoms with Gasteiger partial charge in [0.2, 0.25) is 11.8 Å². The Hall–Kier alpha value is -2.33. The molecular formula is C13H12FN3O4S2. The summed E-state index contributed by atoms with van der Waals surface area (Å²) in [5.74, 6) is -3.73. The van der Waals surface area contributed by atoms with Crippen molar-refractivity contribution in [3.8, 4) is 0 Å². The third-order valence-electron chi connectivity index (χ3n) is 2.51. The summed E-state index contributed by atoms with van der Waals surface area (Å²) in [7, 11) is -3.93. The highest BCUT2D eigenvalue weighted by Crippen LogP contribution is 2.11. The zero-order valence-electron chi connectivity index (χ0n) is 11.7. The molecule has 1 aromatic carbocycles. The van der Waals surface area contributed by atoms with Gasteiger partial charge in [0.05, 0.1) is 0 Å².